The van der Waals surface area contributed by atoms with Crippen LogP contribution in [-0.4, -0.2) is 73.6 Å². The van der Waals surface area contributed by atoms with E-state index in [4.69, 9.17) is 9.73 Å². The Morgan fingerprint density at radius 1 is 1.23 bits per heavy atom. The van der Waals surface area contributed by atoms with Gasteiger partial charge in [0.25, 0.3) is 0 Å². The summed E-state index contributed by atoms with van der Waals surface area (Å²) in [6, 6.07) is 8.34. The third kappa shape index (κ3) is 7.52. The van der Waals surface area contributed by atoms with Gasteiger partial charge in [-0.05, 0) is 32.5 Å². The van der Waals surface area contributed by atoms with Gasteiger partial charge in [-0.15, -0.1) is 0 Å². The van der Waals surface area contributed by atoms with Gasteiger partial charge in [0.05, 0.1) is 6.54 Å². The van der Waals surface area contributed by atoms with Crippen LogP contribution in [0.3, 0.4) is 0 Å². The molecule has 1 saturated heterocycles. The van der Waals surface area contributed by atoms with E-state index < -0.39 is 0 Å². The molecule has 0 bridgehead atoms. The zero-order valence-electron chi connectivity index (χ0n) is 19.1. The topological polar surface area (TPSA) is 69.2 Å². The molecule has 2 N–H and O–H groups in total. The van der Waals surface area contributed by atoms with Crippen molar-refractivity contribution >= 4 is 11.9 Å². The van der Waals surface area contributed by atoms with Crippen LogP contribution >= 0.6 is 0 Å². The number of benzene rings is 1. The second-order valence-electron chi connectivity index (χ2n) is 7.50. The van der Waals surface area contributed by atoms with Crippen molar-refractivity contribution in [2.24, 2.45) is 4.99 Å². The molecule has 1 amide bonds. The lowest BCUT2D eigenvalue weighted by Crippen LogP contribution is -2.45. The normalized spacial score (nSPS) is 16.8. The van der Waals surface area contributed by atoms with E-state index in [1.165, 1.54) is 0 Å². The molecule has 1 unspecified atom stereocenters. The summed E-state index contributed by atoms with van der Waals surface area (Å²) in [6.45, 7) is 14.9. The number of hydrogen-bond acceptors (Lipinski definition) is 4. The number of carbonyl (C=O) groups is 1. The Hall–Kier alpha value is -2.28. The maximum atomic E-state index is 11.9. The van der Waals surface area contributed by atoms with Crippen LogP contribution in [0.15, 0.2) is 29.3 Å². The molecule has 1 aromatic rings. The maximum absolute atomic E-state index is 11.9. The summed E-state index contributed by atoms with van der Waals surface area (Å²) in [4.78, 5) is 21.0. The number of aliphatic imine (C=N–C) groups is 1. The molecule has 0 radical (unpaired) electrons. The van der Waals surface area contributed by atoms with Crippen LogP contribution in [0.25, 0.3) is 0 Å². The first-order valence-electron chi connectivity index (χ1n) is 11.4. The number of nitrogens with one attached hydrogen (secondary N) is 2. The molecule has 1 aliphatic heterocycles. The van der Waals surface area contributed by atoms with E-state index in [0.717, 1.165) is 63.0 Å². The van der Waals surface area contributed by atoms with Gasteiger partial charge >= 0.3 is 0 Å². The number of nitrogens with zero attached hydrogens (tertiary/aromatic N) is 3. The quantitative estimate of drug-likeness (QED) is 0.428. The highest BCUT2D eigenvalue weighted by molar-refractivity contribution is 5.80. The van der Waals surface area contributed by atoms with Gasteiger partial charge in [0.1, 0.15) is 12.4 Å². The number of guanidine groups is 1. The predicted molar refractivity (Wildman–Crippen MR) is 123 cm³/mol. The van der Waals surface area contributed by atoms with E-state index in [2.05, 4.69) is 42.4 Å². The van der Waals surface area contributed by atoms with Gasteiger partial charge in [-0.25, -0.2) is 4.99 Å². The molecule has 0 aliphatic carbocycles. The number of carbonyl (C=O) groups excluding carboxylic acids is 1. The fourth-order valence-electron chi connectivity index (χ4n) is 3.61. The van der Waals surface area contributed by atoms with Gasteiger partial charge in [0.2, 0.25) is 5.91 Å². The van der Waals surface area contributed by atoms with Gasteiger partial charge in [0.15, 0.2) is 5.96 Å². The Balaban J connectivity index is 1.95. The Kier molecular flexibility index (Phi) is 10.5. The van der Waals surface area contributed by atoms with Crippen molar-refractivity contribution < 1.29 is 9.53 Å². The molecule has 30 heavy (non-hydrogen) atoms. The van der Waals surface area contributed by atoms with Gasteiger partial charge in [-0.2, -0.15) is 0 Å². The van der Waals surface area contributed by atoms with Crippen LogP contribution in [0.4, 0.5) is 0 Å². The van der Waals surface area contributed by atoms with Gasteiger partial charge in [-0.1, -0.05) is 39.0 Å². The fourth-order valence-corrected chi connectivity index (χ4v) is 3.61. The van der Waals surface area contributed by atoms with Crippen LogP contribution in [-0.2, 0) is 11.3 Å². The van der Waals surface area contributed by atoms with Crippen LogP contribution in [0.1, 0.15) is 46.1 Å². The van der Waals surface area contributed by atoms with Crippen LogP contribution in [0.2, 0.25) is 0 Å². The molecular formula is C23H39N5O2. The van der Waals surface area contributed by atoms with E-state index in [1.54, 1.807) is 0 Å². The number of likely N-dealkylation sites (tertiary alicyclic amines) is 1. The largest absolute Gasteiger partial charge is 0.492 e. The zero-order chi connectivity index (χ0) is 21.8. The van der Waals surface area contributed by atoms with Crippen LogP contribution in [0, 0.1) is 0 Å². The summed E-state index contributed by atoms with van der Waals surface area (Å²) in [6.07, 6.45) is 1.51. The minimum Gasteiger partial charge on any atom is -0.492 e. The van der Waals surface area contributed by atoms with Crippen molar-refractivity contribution in [1.29, 1.82) is 0 Å². The summed E-state index contributed by atoms with van der Waals surface area (Å²) < 4.78 is 6.05. The first-order chi connectivity index (χ1) is 14.6. The average molecular weight is 418 g/mol. The highest BCUT2D eigenvalue weighted by Gasteiger charge is 2.25. The van der Waals surface area contributed by atoms with Crippen molar-refractivity contribution in [3.8, 4) is 5.75 Å². The van der Waals surface area contributed by atoms with Gasteiger partial charge < -0.3 is 25.2 Å². The number of para-hydroxylation sites is 1. The standard InChI is InChI=1S/C23H39N5O2/c1-5-22(29)28-14-13-20(18-28)26-23(24-6-2)25-17-19-11-9-10-12-21(19)30-16-15-27(7-3)8-4/h9-12,20H,5-8,13-18H2,1-4H3,(H2,24,25,26). The van der Waals surface area contributed by atoms with Crippen LogP contribution in [0.5, 0.6) is 5.75 Å². The maximum Gasteiger partial charge on any atom is 0.222 e. The highest BCUT2D eigenvalue weighted by atomic mass is 16.5. The smallest absolute Gasteiger partial charge is 0.222 e. The fraction of sp³-hybridized carbons (Fsp3) is 0.652. The second-order valence-corrected chi connectivity index (χ2v) is 7.50. The summed E-state index contributed by atoms with van der Waals surface area (Å²) >= 11 is 0. The van der Waals surface area contributed by atoms with Gasteiger partial charge in [0, 0.05) is 44.2 Å². The Bertz CT molecular complexity index is 675. The van der Waals surface area contributed by atoms with E-state index >= 15 is 0 Å². The number of ether oxygens (including phenoxy) is 1. The Labute approximate surface area is 181 Å². The molecule has 1 fully saturated rings. The number of amides is 1. The molecule has 0 saturated carbocycles. The average Bonchev–Trinajstić information content (AvgIpc) is 3.24. The third-order valence-electron chi connectivity index (χ3n) is 5.47. The third-order valence-corrected chi connectivity index (χ3v) is 5.47. The molecule has 0 aromatic heterocycles. The summed E-state index contributed by atoms with van der Waals surface area (Å²) in [5, 5.41) is 6.80. The minimum atomic E-state index is 0.219. The number of likely N-dealkylation sites (N-methyl/N-ethyl adjacent to an activating group) is 1. The molecule has 168 valence electrons. The lowest BCUT2D eigenvalue weighted by Gasteiger charge is -2.19. The molecule has 1 aromatic carbocycles. The van der Waals surface area contributed by atoms with Gasteiger partial charge in [-0.3, -0.25) is 4.79 Å². The van der Waals surface area contributed by atoms with E-state index in [-0.39, 0.29) is 11.9 Å². The highest BCUT2D eigenvalue weighted by Crippen LogP contribution is 2.19. The van der Waals surface area contributed by atoms with E-state index in [1.807, 2.05) is 30.0 Å². The van der Waals surface area contributed by atoms with Crippen molar-refractivity contribution in [2.75, 3.05) is 45.9 Å². The molecule has 1 heterocycles. The van der Waals surface area contributed by atoms with Crippen molar-refractivity contribution in [3.05, 3.63) is 29.8 Å². The van der Waals surface area contributed by atoms with Crippen molar-refractivity contribution in [1.82, 2.24) is 20.4 Å². The van der Waals surface area contributed by atoms with Crippen molar-refractivity contribution in [3.63, 3.8) is 0 Å². The van der Waals surface area contributed by atoms with E-state index in [0.29, 0.717) is 19.6 Å². The second kappa shape index (κ2) is 13.1. The SMILES string of the molecule is CCNC(=NCc1ccccc1OCCN(CC)CC)NC1CCN(C(=O)CC)C1. The van der Waals surface area contributed by atoms with E-state index in [9.17, 15) is 4.79 Å². The summed E-state index contributed by atoms with van der Waals surface area (Å²) in [5.41, 5.74) is 1.07. The molecule has 1 aliphatic rings. The molecule has 2 rings (SSSR count). The lowest BCUT2D eigenvalue weighted by molar-refractivity contribution is -0.129. The lowest BCUT2D eigenvalue weighted by atomic mass is 10.2. The summed E-state index contributed by atoms with van der Waals surface area (Å²) in [7, 11) is 0. The minimum absolute atomic E-state index is 0.219. The first-order valence-corrected chi connectivity index (χ1v) is 11.4. The monoisotopic (exact) mass is 417 g/mol. The molecular weight excluding hydrogens is 378 g/mol. The number of hydrogen-bond donors (Lipinski definition) is 2. The van der Waals surface area contributed by atoms with Crippen LogP contribution < -0.4 is 15.4 Å². The molecule has 7 heteroatoms. The Morgan fingerprint density at radius 2 is 2.00 bits per heavy atom. The summed E-state index contributed by atoms with van der Waals surface area (Å²) in [5.74, 6) is 1.90. The predicted octanol–water partition coefficient (Wildman–Crippen LogP) is 2.47. The molecule has 0 spiro atoms. The Morgan fingerprint density at radius 3 is 2.70 bits per heavy atom. The molecule has 7 nitrogen and oxygen atoms in total. The first kappa shape index (κ1) is 24.0. The van der Waals surface area contributed by atoms with Crippen molar-refractivity contribution in [2.45, 2.75) is 53.1 Å². The molecule has 1 atom stereocenters. The zero-order valence-corrected chi connectivity index (χ0v) is 19.1. The number of rotatable bonds is 11.